The highest BCUT2D eigenvalue weighted by Gasteiger charge is 2.37. The van der Waals surface area contributed by atoms with Crippen LogP contribution < -0.4 is 14.8 Å². The molecule has 1 aromatic carbocycles. The minimum Gasteiger partial charge on any atom is -0.497 e. The summed E-state index contributed by atoms with van der Waals surface area (Å²) >= 11 is 0. The van der Waals surface area contributed by atoms with Gasteiger partial charge in [0.2, 0.25) is 0 Å². The summed E-state index contributed by atoms with van der Waals surface area (Å²) in [6.45, 7) is -0.00168. The first-order valence-corrected chi connectivity index (χ1v) is 7.76. The normalized spacial score (nSPS) is 12.8. The van der Waals surface area contributed by atoms with Crippen molar-refractivity contribution in [3.63, 3.8) is 0 Å². The van der Waals surface area contributed by atoms with Crippen LogP contribution in [0.2, 0.25) is 0 Å². The van der Waals surface area contributed by atoms with Crippen LogP contribution >= 0.6 is 0 Å². The summed E-state index contributed by atoms with van der Waals surface area (Å²) in [7, 11) is 2.97. The number of nitrogens with zero attached hydrogens (tertiary/aromatic N) is 4. The Labute approximate surface area is 151 Å². The molecule has 144 valence electrons. The zero-order chi connectivity index (χ0) is 19.6. The molecular weight excluding hydrogens is 367 g/mol. The van der Waals surface area contributed by atoms with E-state index in [0.717, 1.165) is 0 Å². The molecule has 0 fully saturated rings. The van der Waals surface area contributed by atoms with E-state index in [9.17, 15) is 18.3 Å². The number of aliphatic hydroxyl groups is 1. The van der Waals surface area contributed by atoms with E-state index in [2.05, 4.69) is 20.6 Å². The van der Waals surface area contributed by atoms with Crippen LogP contribution in [0.1, 0.15) is 17.5 Å². The number of aliphatic hydroxyl groups excluding tert-OH is 1. The highest BCUT2D eigenvalue weighted by molar-refractivity contribution is 5.45. The van der Waals surface area contributed by atoms with Crippen LogP contribution in [-0.4, -0.2) is 45.7 Å². The second-order valence-electron chi connectivity index (χ2n) is 5.55. The molecule has 3 rings (SSSR count). The molecule has 1 atom stereocenters. The molecule has 0 aliphatic heterocycles. The summed E-state index contributed by atoms with van der Waals surface area (Å²) < 4.78 is 49.6. The van der Waals surface area contributed by atoms with Crippen LogP contribution in [0.4, 0.5) is 19.0 Å². The van der Waals surface area contributed by atoms with Gasteiger partial charge in [0.25, 0.3) is 5.82 Å². The second-order valence-corrected chi connectivity index (χ2v) is 5.55. The van der Waals surface area contributed by atoms with Crippen molar-refractivity contribution in [1.29, 1.82) is 0 Å². The van der Waals surface area contributed by atoms with Gasteiger partial charge in [0.1, 0.15) is 17.3 Å². The molecule has 27 heavy (non-hydrogen) atoms. The number of fused-ring (bicyclic) bond motifs is 1. The van der Waals surface area contributed by atoms with Gasteiger partial charge >= 0.3 is 6.18 Å². The van der Waals surface area contributed by atoms with Crippen molar-refractivity contribution in [3.8, 4) is 11.5 Å². The summed E-state index contributed by atoms with van der Waals surface area (Å²) in [5, 5.41) is 23.5. The fourth-order valence-corrected chi connectivity index (χ4v) is 2.40. The van der Waals surface area contributed by atoms with E-state index in [1.807, 2.05) is 0 Å². The highest BCUT2D eigenvalue weighted by Crippen LogP contribution is 2.28. The molecule has 1 unspecified atom stereocenters. The van der Waals surface area contributed by atoms with E-state index in [1.165, 1.54) is 26.4 Å². The lowest BCUT2D eigenvalue weighted by atomic mass is 10.1. The minimum atomic E-state index is -4.68. The maximum absolute atomic E-state index is 12.9. The van der Waals surface area contributed by atoms with Crippen LogP contribution in [0.5, 0.6) is 11.5 Å². The lowest BCUT2D eigenvalue weighted by molar-refractivity contribution is -0.146. The zero-order valence-electron chi connectivity index (χ0n) is 14.4. The molecule has 0 amide bonds. The van der Waals surface area contributed by atoms with Gasteiger partial charge in [-0.1, -0.05) is 0 Å². The Balaban J connectivity index is 1.78. The molecular formula is C16H16F3N5O3. The molecule has 0 aliphatic carbocycles. The average molecular weight is 383 g/mol. The van der Waals surface area contributed by atoms with Crippen LogP contribution in [0, 0.1) is 0 Å². The number of anilines is 1. The van der Waals surface area contributed by atoms with Crippen molar-refractivity contribution in [2.75, 3.05) is 26.1 Å². The van der Waals surface area contributed by atoms with Gasteiger partial charge in [-0.3, -0.25) is 0 Å². The molecule has 0 aliphatic rings. The number of alkyl halides is 3. The summed E-state index contributed by atoms with van der Waals surface area (Å²) in [5.74, 6) is -0.0922. The predicted octanol–water partition coefficient (Wildman–Crippen LogP) is 2.31. The van der Waals surface area contributed by atoms with E-state index in [-0.39, 0.29) is 18.0 Å². The third-order valence-electron chi connectivity index (χ3n) is 3.75. The van der Waals surface area contributed by atoms with E-state index < -0.39 is 18.1 Å². The first-order chi connectivity index (χ1) is 12.8. The van der Waals surface area contributed by atoms with E-state index in [0.29, 0.717) is 21.6 Å². The van der Waals surface area contributed by atoms with Crippen LogP contribution in [-0.2, 0) is 6.18 Å². The van der Waals surface area contributed by atoms with Crippen molar-refractivity contribution >= 4 is 11.5 Å². The number of ether oxygens (including phenoxy) is 2. The first-order valence-electron chi connectivity index (χ1n) is 7.76. The number of hydrogen-bond acceptors (Lipinski definition) is 7. The monoisotopic (exact) mass is 383 g/mol. The number of nitrogens with one attached hydrogen (secondary N) is 1. The smallest absolute Gasteiger partial charge is 0.453 e. The van der Waals surface area contributed by atoms with Crippen molar-refractivity contribution < 1.29 is 27.8 Å². The Morgan fingerprint density at radius 2 is 1.78 bits per heavy atom. The Hall–Kier alpha value is -3.08. The van der Waals surface area contributed by atoms with Gasteiger partial charge in [-0.05, 0) is 29.8 Å². The fraction of sp³-hybridized carbons (Fsp3) is 0.312. The first kappa shape index (κ1) is 18.7. The van der Waals surface area contributed by atoms with Gasteiger partial charge in [-0.15, -0.1) is 15.3 Å². The number of halogens is 3. The molecule has 2 heterocycles. The van der Waals surface area contributed by atoms with Gasteiger partial charge in [0.05, 0.1) is 20.3 Å². The summed E-state index contributed by atoms with van der Waals surface area (Å²) in [4.78, 5) is 0. The number of methoxy groups -OCH3 is 2. The Morgan fingerprint density at radius 1 is 1.11 bits per heavy atom. The maximum Gasteiger partial charge on any atom is 0.453 e. The highest BCUT2D eigenvalue weighted by atomic mass is 19.4. The minimum absolute atomic E-state index is 0.00168. The Kier molecular flexibility index (Phi) is 5.04. The lowest BCUT2D eigenvalue weighted by Gasteiger charge is -2.15. The molecule has 2 aromatic heterocycles. The Bertz CT molecular complexity index is 922. The number of benzene rings is 1. The molecule has 8 nitrogen and oxygen atoms in total. The van der Waals surface area contributed by atoms with E-state index in [1.54, 1.807) is 18.2 Å². The van der Waals surface area contributed by atoms with Crippen molar-refractivity contribution in [1.82, 2.24) is 19.8 Å². The van der Waals surface area contributed by atoms with E-state index >= 15 is 0 Å². The Morgan fingerprint density at radius 3 is 2.37 bits per heavy atom. The standard InChI is InChI=1S/C16H16F3N5O3/c1-26-10-5-9(6-11(7-10)27-2)12(25)8-20-13-3-4-14-21-22-15(16(17,18)19)24(14)23-13/h3-7,12,25H,8H2,1-2H3,(H,20,23). The van der Waals surface area contributed by atoms with Gasteiger partial charge in [-0.25, -0.2) is 0 Å². The van der Waals surface area contributed by atoms with Gasteiger partial charge in [0, 0.05) is 12.6 Å². The predicted molar refractivity (Wildman–Crippen MR) is 88.8 cm³/mol. The maximum atomic E-state index is 12.9. The molecule has 0 bridgehead atoms. The average Bonchev–Trinajstić information content (AvgIpc) is 3.09. The lowest BCUT2D eigenvalue weighted by Crippen LogP contribution is -2.16. The zero-order valence-corrected chi connectivity index (χ0v) is 14.4. The second kappa shape index (κ2) is 7.27. The molecule has 2 N–H and O–H groups in total. The fourth-order valence-electron chi connectivity index (χ4n) is 2.40. The van der Waals surface area contributed by atoms with Gasteiger partial charge in [-0.2, -0.15) is 17.7 Å². The van der Waals surface area contributed by atoms with E-state index in [4.69, 9.17) is 9.47 Å². The van der Waals surface area contributed by atoms with Crippen LogP contribution in [0.3, 0.4) is 0 Å². The molecule has 0 saturated carbocycles. The van der Waals surface area contributed by atoms with Crippen molar-refractivity contribution in [2.24, 2.45) is 0 Å². The quantitative estimate of drug-likeness (QED) is 0.675. The summed E-state index contributed by atoms with van der Waals surface area (Å²) in [6, 6.07) is 7.71. The third-order valence-corrected chi connectivity index (χ3v) is 3.75. The molecule has 3 aromatic rings. The SMILES string of the molecule is COc1cc(OC)cc(C(O)CNc2ccc3nnc(C(F)(F)F)n3n2)c1. The van der Waals surface area contributed by atoms with Gasteiger partial charge in [0.15, 0.2) is 5.65 Å². The third kappa shape index (κ3) is 4.03. The van der Waals surface area contributed by atoms with Crippen molar-refractivity contribution in [2.45, 2.75) is 12.3 Å². The molecule has 0 saturated heterocycles. The molecule has 0 spiro atoms. The number of hydrogen-bond donors (Lipinski definition) is 2. The topological polar surface area (TPSA) is 93.8 Å². The number of rotatable bonds is 6. The largest absolute Gasteiger partial charge is 0.497 e. The summed E-state index contributed by atoms with van der Waals surface area (Å²) in [6.07, 6.45) is -5.66. The molecule has 11 heteroatoms. The van der Waals surface area contributed by atoms with Crippen molar-refractivity contribution in [3.05, 3.63) is 41.7 Å². The number of aromatic nitrogens is 4. The summed E-state index contributed by atoms with van der Waals surface area (Å²) in [5.41, 5.74) is 0.478. The molecule has 0 radical (unpaired) electrons. The van der Waals surface area contributed by atoms with Gasteiger partial charge < -0.3 is 19.9 Å². The van der Waals surface area contributed by atoms with Crippen LogP contribution in [0.25, 0.3) is 5.65 Å². The van der Waals surface area contributed by atoms with Crippen LogP contribution in [0.15, 0.2) is 30.3 Å².